The molecule has 84 valence electrons. The van der Waals surface area contributed by atoms with Crippen LogP contribution in [0.15, 0.2) is 42.9 Å². The lowest BCUT2D eigenvalue weighted by atomic mass is 10.2. The summed E-state index contributed by atoms with van der Waals surface area (Å²) in [6, 6.07) is 6.28. The van der Waals surface area contributed by atoms with Crippen LogP contribution >= 0.6 is 0 Å². The van der Waals surface area contributed by atoms with Crippen molar-refractivity contribution < 1.29 is 4.39 Å². The average Bonchev–Trinajstić information content (AvgIpc) is 2.74. The van der Waals surface area contributed by atoms with Crippen molar-refractivity contribution >= 4 is 11.5 Å². The molecule has 0 aliphatic carbocycles. The van der Waals surface area contributed by atoms with Crippen molar-refractivity contribution in [3.63, 3.8) is 0 Å². The first-order valence-corrected chi connectivity index (χ1v) is 5.09. The van der Waals surface area contributed by atoms with E-state index in [4.69, 9.17) is 5.73 Å². The van der Waals surface area contributed by atoms with Gasteiger partial charge in [0.25, 0.3) is 0 Å². The molecular weight excluding hydrogens is 219 g/mol. The maximum atomic E-state index is 13.1. The Morgan fingerprint density at radius 1 is 1.29 bits per heavy atom. The molecule has 0 saturated carbocycles. The largest absolute Gasteiger partial charge is 0.381 e. The monoisotopic (exact) mass is 228 g/mol. The van der Waals surface area contributed by atoms with Gasteiger partial charge in [0.15, 0.2) is 11.5 Å². The highest BCUT2D eigenvalue weighted by Gasteiger charge is 2.07. The van der Waals surface area contributed by atoms with Crippen LogP contribution in [0.25, 0.3) is 16.9 Å². The van der Waals surface area contributed by atoms with Crippen LogP contribution in [0, 0.1) is 5.82 Å². The number of rotatable bonds is 1. The van der Waals surface area contributed by atoms with Gasteiger partial charge in [-0.15, -0.1) is 0 Å². The van der Waals surface area contributed by atoms with E-state index in [0.29, 0.717) is 22.7 Å². The topological polar surface area (TPSA) is 56.2 Å². The summed E-state index contributed by atoms with van der Waals surface area (Å²) in [6.45, 7) is 0. The quantitative estimate of drug-likeness (QED) is 0.694. The molecule has 5 heteroatoms. The molecule has 3 rings (SSSR count). The highest BCUT2D eigenvalue weighted by Crippen LogP contribution is 2.21. The van der Waals surface area contributed by atoms with Gasteiger partial charge in [0.05, 0.1) is 5.69 Å². The van der Waals surface area contributed by atoms with E-state index in [1.165, 1.54) is 12.1 Å². The van der Waals surface area contributed by atoms with Crippen LogP contribution in [0.1, 0.15) is 0 Å². The molecule has 0 atom stereocenters. The van der Waals surface area contributed by atoms with Crippen LogP contribution < -0.4 is 5.73 Å². The van der Waals surface area contributed by atoms with Gasteiger partial charge in [0.1, 0.15) is 5.82 Å². The molecule has 3 aromatic rings. The minimum atomic E-state index is -0.286. The second kappa shape index (κ2) is 3.55. The number of nitrogen functional groups attached to an aromatic ring is 1. The Morgan fingerprint density at radius 2 is 2.18 bits per heavy atom. The lowest BCUT2D eigenvalue weighted by Gasteiger charge is -1.94. The summed E-state index contributed by atoms with van der Waals surface area (Å²) in [5.41, 5.74) is 7.67. The molecule has 0 saturated heterocycles. The number of hydrogen-bond acceptors (Lipinski definition) is 3. The second-order valence-electron chi connectivity index (χ2n) is 3.68. The highest BCUT2D eigenvalue weighted by atomic mass is 19.1. The summed E-state index contributed by atoms with van der Waals surface area (Å²) in [5.74, 6) is 0.0702. The first-order valence-electron chi connectivity index (χ1n) is 5.09. The lowest BCUT2D eigenvalue weighted by molar-refractivity contribution is 0.628. The number of aromatic nitrogens is 3. The van der Waals surface area contributed by atoms with Crippen LogP contribution in [0.3, 0.4) is 0 Å². The SMILES string of the molecule is Nc1nccn2cc(-c3cccc(F)c3)nc12. The minimum absolute atomic E-state index is 0.286. The van der Waals surface area contributed by atoms with E-state index in [9.17, 15) is 4.39 Å². The second-order valence-corrected chi connectivity index (χ2v) is 3.68. The fourth-order valence-corrected chi connectivity index (χ4v) is 1.73. The van der Waals surface area contributed by atoms with Gasteiger partial charge in [-0.2, -0.15) is 0 Å². The molecule has 0 amide bonds. The molecule has 0 aliphatic heterocycles. The van der Waals surface area contributed by atoms with E-state index in [-0.39, 0.29) is 5.82 Å². The maximum absolute atomic E-state index is 13.1. The lowest BCUT2D eigenvalue weighted by Crippen LogP contribution is -1.94. The molecule has 0 unspecified atom stereocenters. The van der Waals surface area contributed by atoms with E-state index in [1.807, 2.05) is 0 Å². The van der Waals surface area contributed by atoms with Crippen LogP contribution in [0.4, 0.5) is 10.2 Å². The zero-order chi connectivity index (χ0) is 11.8. The average molecular weight is 228 g/mol. The number of halogens is 1. The molecule has 0 radical (unpaired) electrons. The molecule has 17 heavy (non-hydrogen) atoms. The molecule has 2 N–H and O–H groups in total. The normalized spacial score (nSPS) is 10.9. The van der Waals surface area contributed by atoms with Crippen LogP contribution in [-0.4, -0.2) is 14.4 Å². The number of benzene rings is 1. The van der Waals surface area contributed by atoms with Gasteiger partial charge in [-0.25, -0.2) is 14.4 Å². The van der Waals surface area contributed by atoms with Crippen molar-refractivity contribution in [2.75, 3.05) is 5.73 Å². The summed E-state index contributed by atoms with van der Waals surface area (Å²) < 4.78 is 14.9. The molecule has 0 spiro atoms. The van der Waals surface area contributed by atoms with Crippen molar-refractivity contribution in [2.45, 2.75) is 0 Å². The highest BCUT2D eigenvalue weighted by molar-refractivity contribution is 5.68. The van der Waals surface area contributed by atoms with E-state index in [2.05, 4.69) is 9.97 Å². The number of hydrogen-bond donors (Lipinski definition) is 1. The van der Waals surface area contributed by atoms with E-state index >= 15 is 0 Å². The fraction of sp³-hybridized carbons (Fsp3) is 0. The predicted octanol–water partition coefficient (Wildman–Crippen LogP) is 2.12. The van der Waals surface area contributed by atoms with Gasteiger partial charge in [0, 0.05) is 24.2 Å². The first kappa shape index (κ1) is 9.77. The molecular formula is C12H9FN4. The minimum Gasteiger partial charge on any atom is -0.381 e. The number of fused-ring (bicyclic) bond motifs is 1. The third-order valence-electron chi connectivity index (χ3n) is 2.52. The first-order chi connectivity index (χ1) is 8.24. The Morgan fingerprint density at radius 3 is 2.94 bits per heavy atom. The zero-order valence-electron chi connectivity index (χ0n) is 8.84. The molecule has 4 nitrogen and oxygen atoms in total. The standard InChI is InChI=1S/C12H9FN4/c13-9-3-1-2-8(6-9)10-7-17-5-4-15-11(14)12(17)16-10/h1-7H,(H2,14,15). The van der Waals surface area contributed by atoms with E-state index < -0.39 is 0 Å². The smallest absolute Gasteiger partial charge is 0.180 e. The molecule has 0 fully saturated rings. The van der Waals surface area contributed by atoms with E-state index in [1.54, 1.807) is 35.1 Å². The number of imidazole rings is 1. The molecule has 0 bridgehead atoms. The summed E-state index contributed by atoms with van der Waals surface area (Å²) in [5, 5.41) is 0. The third kappa shape index (κ3) is 1.61. The Bertz CT molecular complexity index is 690. The van der Waals surface area contributed by atoms with Crippen molar-refractivity contribution in [1.29, 1.82) is 0 Å². The van der Waals surface area contributed by atoms with Gasteiger partial charge in [-0.3, -0.25) is 0 Å². The molecule has 1 aromatic carbocycles. The van der Waals surface area contributed by atoms with E-state index in [0.717, 1.165) is 0 Å². The Labute approximate surface area is 96.6 Å². The van der Waals surface area contributed by atoms with Crippen molar-refractivity contribution in [1.82, 2.24) is 14.4 Å². The Hall–Kier alpha value is -2.43. The molecule has 0 aliphatic rings. The van der Waals surface area contributed by atoms with Crippen molar-refractivity contribution in [3.8, 4) is 11.3 Å². The van der Waals surface area contributed by atoms with Gasteiger partial charge in [0.2, 0.25) is 0 Å². The third-order valence-corrected chi connectivity index (χ3v) is 2.52. The maximum Gasteiger partial charge on any atom is 0.180 e. The van der Waals surface area contributed by atoms with Gasteiger partial charge < -0.3 is 10.1 Å². The van der Waals surface area contributed by atoms with Crippen LogP contribution in [0.5, 0.6) is 0 Å². The summed E-state index contributed by atoms with van der Waals surface area (Å²) >= 11 is 0. The van der Waals surface area contributed by atoms with Gasteiger partial charge >= 0.3 is 0 Å². The fourth-order valence-electron chi connectivity index (χ4n) is 1.73. The predicted molar refractivity (Wildman–Crippen MR) is 62.8 cm³/mol. The van der Waals surface area contributed by atoms with Crippen LogP contribution in [-0.2, 0) is 0 Å². The number of nitrogens with two attached hydrogens (primary N) is 1. The van der Waals surface area contributed by atoms with Gasteiger partial charge in [-0.1, -0.05) is 12.1 Å². The Kier molecular flexibility index (Phi) is 2.04. The van der Waals surface area contributed by atoms with Crippen molar-refractivity contribution in [3.05, 3.63) is 48.7 Å². The zero-order valence-corrected chi connectivity index (χ0v) is 8.84. The number of nitrogens with zero attached hydrogens (tertiary/aromatic N) is 3. The number of anilines is 1. The van der Waals surface area contributed by atoms with Crippen LogP contribution in [0.2, 0.25) is 0 Å². The summed E-state index contributed by atoms with van der Waals surface area (Å²) in [7, 11) is 0. The molecule has 2 heterocycles. The molecule has 2 aromatic heterocycles. The van der Waals surface area contributed by atoms with Crippen molar-refractivity contribution in [2.24, 2.45) is 0 Å². The van der Waals surface area contributed by atoms with Gasteiger partial charge in [-0.05, 0) is 12.1 Å². The Balaban J connectivity index is 2.22. The summed E-state index contributed by atoms with van der Waals surface area (Å²) in [4.78, 5) is 8.28. The summed E-state index contributed by atoms with van der Waals surface area (Å²) in [6.07, 6.45) is 5.14.